The maximum atomic E-state index is 8.71. The highest BCUT2D eigenvalue weighted by Gasteiger charge is 2.16. The molecule has 160 valence electrons. The van der Waals surface area contributed by atoms with Crippen LogP contribution >= 0.6 is 11.3 Å². The van der Waals surface area contributed by atoms with Gasteiger partial charge < -0.3 is 0 Å². The molecule has 0 N–H and O–H groups in total. The molecule has 3 heteroatoms. The molecule has 0 atom stereocenters. The van der Waals surface area contributed by atoms with Crippen molar-refractivity contribution < 1.29 is 2.74 Å². The summed E-state index contributed by atoms with van der Waals surface area (Å²) in [5.41, 5.74) is 6.67. The predicted molar refractivity (Wildman–Crippen MR) is 139 cm³/mol. The summed E-state index contributed by atoms with van der Waals surface area (Å²) in [5.74, 6) is -1.64. The number of thiophene rings is 1. The van der Waals surface area contributed by atoms with Gasteiger partial charge in [0.15, 0.2) is 0 Å². The third-order valence-electron chi connectivity index (χ3n) is 5.94. The van der Waals surface area contributed by atoms with Crippen molar-refractivity contribution in [1.29, 1.82) is 0 Å². The molecule has 0 aliphatic carbocycles. The van der Waals surface area contributed by atoms with E-state index in [4.69, 9.17) is 12.7 Å². The number of pyridine rings is 2. The number of hydrogen-bond donors (Lipinski definition) is 0. The Balaban J connectivity index is 1.70. The number of aromatic nitrogens is 2. The number of rotatable bonds is 4. The van der Waals surface area contributed by atoms with E-state index >= 15 is 0 Å². The molecule has 0 saturated carbocycles. The first-order valence-corrected chi connectivity index (χ1v) is 11.7. The van der Waals surface area contributed by atoms with Crippen LogP contribution in [0.25, 0.3) is 42.7 Å². The minimum atomic E-state index is -0.824. The molecule has 0 radical (unpaired) electrons. The van der Waals surface area contributed by atoms with Gasteiger partial charge in [-0.15, -0.1) is 11.3 Å². The van der Waals surface area contributed by atoms with E-state index < -0.39 is 11.8 Å². The molecular formula is C29H28N2S. The summed E-state index contributed by atoms with van der Waals surface area (Å²) >= 11 is 1.77. The second kappa shape index (κ2) is 8.14. The lowest BCUT2D eigenvalue weighted by Gasteiger charge is -2.17. The van der Waals surface area contributed by atoms with Gasteiger partial charge in [0.1, 0.15) is 0 Å². The lowest BCUT2D eigenvalue weighted by atomic mass is 9.91. The maximum Gasteiger partial charge on any atom is 0.0719 e. The lowest BCUT2D eigenvalue weighted by Crippen LogP contribution is -2.01. The highest BCUT2D eigenvalue weighted by molar-refractivity contribution is 7.26. The van der Waals surface area contributed by atoms with Gasteiger partial charge in [-0.05, 0) is 54.1 Å². The maximum absolute atomic E-state index is 8.71. The van der Waals surface area contributed by atoms with Crippen LogP contribution in [0.4, 0.5) is 0 Å². The molecular weight excluding hydrogens is 408 g/mol. The fourth-order valence-electron chi connectivity index (χ4n) is 4.28. The third-order valence-corrected chi connectivity index (χ3v) is 7.14. The van der Waals surface area contributed by atoms with Gasteiger partial charge in [0.25, 0.3) is 0 Å². The zero-order valence-corrected chi connectivity index (χ0v) is 20.0. The first-order valence-electron chi connectivity index (χ1n) is 11.9. The Bertz CT molecular complexity index is 1540. The van der Waals surface area contributed by atoms with Gasteiger partial charge in [-0.1, -0.05) is 64.1 Å². The van der Waals surface area contributed by atoms with E-state index in [0.29, 0.717) is 0 Å². The SMILES string of the molecule is [2H]C(C)(C)c1cnc(-c2cccc3c2sc2cc(-c4cccc(C)n4)ccc23)cc1C([2H])(C)C. The molecule has 5 rings (SSSR count). The van der Waals surface area contributed by atoms with Gasteiger partial charge in [-0.3, -0.25) is 9.97 Å². The average Bonchev–Trinajstić information content (AvgIpc) is 3.15. The largest absolute Gasteiger partial charge is 0.256 e. The van der Waals surface area contributed by atoms with Gasteiger partial charge in [-0.25, -0.2) is 0 Å². The highest BCUT2D eigenvalue weighted by atomic mass is 32.1. The number of benzene rings is 2. The van der Waals surface area contributed by atoms with Crippen LogP contribution in [0.1, 0.15) is 59.0 Å². The molecule has 0 bridgehead atoms. The molecule has 3 aromatic heterocycles. The van der Waals surface area contributed by atoms with E-state index in [-0.39, 0.29) is 0 Å². The molecule has 2 nitrogen and oxygen atoms in total. The predicted octanol–water partition coefficient (Wildman–Crippen LogP) is 8.73. The lowest BCUT2D eigenvalue weighted by molar-refractivity contribution is 0.784. The van der Waals surface area contributed by atoms with Gasteiger partial charge in [-0.2, -0.15) is 0 Å². The van der Waals surface area contributed by atoms with Crippen LogP contribution in [-0.4, -0.2) is 9.97 Å². The van der Waals surface area contributed by atoms with Crippen molar-refractivity contribution >= 4 is 31.5 Å². The van der Waals surface area contributed by atoms with Gasteiger partial charge in [0.2, 0.25) is 0 Å². The Morgan fingerprint density at radius 3 is 2.34 bits per heavy atom. The van der Waals surface area contributed by atoms with Crippen molar-refractivity contribution in [3.8, 4) is 22.5 Å². The van der Waals surface area contributed by atoms with E-state index in [1.54, 1.807) is 17.5 Å². The van der Waals surface area contributed by atoms with E-state index in [1.165, 1.54) is 20.2 Å². The molecule has 0 spiro atoms. The van der Waals surface area contributed by atoms with Crippen molar-refractivity contribution in [2.45, 2.75) is 46.4 Å². The summed E-state index contributed by atoms with van der Waals surface area (Å²) in [6.45, 7) is 9.48. The monoisotopic (exact) mass is 438 g/mol. The quantitative estimate of drug-likeness (QED) is 0.280. The van der Waals surface area contributed by atoms with Crippen LogP contribution in [0.15, 0.2) is 66.9 Å². The van der Waals surface area contributed by atoms with Gasteiger partial charge in [0.05, 0.1) is 11.4 Å². The third kappa shape index (κ3) is 3.61. The van der Waals surface area contributed by atoms with Crippen molar-refractivity contribution in [2.75, 3.05) is 0 Å². The second-order valence-corrected chi connectivity index (χ2v) is 9.83. The van der Waals surface area contributed by atoms with Gasteiger partial charge in [0, 0.05) is 45.9 Å². The normalized spacial score (nSPS) is 13.4. The molecule has 0 unspecified atom stereocenters. The summed E-state index contributed by atoms with van der Waals surface area (Å²) in [5, 5.41) is 2.43. The van der Waals surface area contributed by atoms with E-state index in [1.807, 2.05) is 52.8 Å². The summed E-state index contributed by atoms with van der Waals surface area (Å²) < 4.78 is 19.7. The number of aryl methyl sites for hydroxylation is 1. The summed E-state index contributed by atoms with van der Waals surface area (Å²) in [7, 11) is 0. The molecule has 5 aromatic rings. The van der Waals surface area contributed by atoms with Crippen LogP contribution in [0.2, 0.25) is 0 Å². The first kappa shape index (κ1) is 18.5. The molecule has 0 aliphatic heterocycles. The first-order chi connectivity index (χ1) is 16.0. The zero-order valence-electron chi connectivity index (χ0n) is 21.2. The Labute approximate surface area is 196 Å². The fourth-order valence-corrected chi connectivity index (χ4v) is 5.54. The average molecular weight is 439 g/mol. The second-order valence-electron chi connectivity index (χ2n) is 8.77. The Hall–Kier alpha value is -3.04. The minimum Gasteiger partial charge on any atom is -0.256 e. The van der Waals surface area contributed by atoms with E-state index in [9.17, 15) is 0 Å². The number of nitrogens with zero attached hydrogens (tertiary/aromatic N) is 2. The number of fused-ring (bicyclic) bond motifs is 3. The van der Waals surface area contributed by atoms with Crippen LogP contribution < -0.4 is 0 Å². The summed E-state index contributed by atoms with van der Waals surface area (Å²) in [4.78, 5) is 9.47. The topological polar surface area (TPSA) is 25.8 Å². The summed E-state index contributed by atoms with van der Waals surface area (Å²) in [6.07, 6.45) is 1.79. The van der Waals surface area contributed by atoms with Crippen LogP contribution in [0.5, 0.6) is 0 Å². The Morgan fingerprint density at radius 1 is 0.812 bits per heavy atom. The van der Waals surface area contributed by atoms with Crippen molar-refractivity contribution in [3.63, 3.8) is 0 Å². The standard InChI is InChI=1S/C29H28N2S/c1-17(2)24-15-27(30-16-25(24)18(3)4)23-10-7-9-22-21-13-12-20(14-28(21)32-29(22)23)26-11-6-8-19(5)31-26/h6-18H,1-5H3/i17D,18D. The molecule has 0 saturated heterocycles. The van der Waals surface area contributed by atoms with Crippen LogP contribution in [0.3, 0.4) is 0 Å². The molecule has 0 amide bonds. The smallest absolute Gasteiger partial charge is 0.0719 e. The number of hydrogen-bond acceptors (Lipinski definition) is 3. The molecule has 32 heavy (non-hydrogen) atoms. The Morgan fingerprint density at radius 2 is 1.59 bits per heavy atom. The van der Waals surface area contributed by atoms with Crippen molar-refractivity contribution in [1.82, 2.24) is 9.97 Å². The molecule has 3 heterocycles. The van der Waals surface area contributed by atoms with Crippen LogP contribution in [-0.2, 0) is 0 Å². The van der Waals surface area contributed by atoms with Crippen molar-refractivity contribution in [2.24, 2.45) is 0 Å². The highest BCUT2D eigenvalue weighted by Crippen LogP contribution is 2.41. The molecule has 0 aliphatic rings. The molecule has 2 aromatic carbocycles. The van der Waals surface area contributed by atoms with E-state index in [2.05, 4.69) is 42.5 Å². The van der Waals surface area contributed by atoms with E-state index in [0.717, 1.165) is 39.3 Å². The summed E-state index contributed by atoms with van der Waals surface area (Å²) in [6, 6.07) is 21.0. The zero-order chi connectivity index (χ0) is 24.3. The van der Waals surface area contributed by atoms with Gasteiger partial charge >= 0.3 is 0 Å². The Kier molecular flexibility index (Phi) is 4.71. The molecule has 0 fully saturated rings. The van der Waals surface area contributed by atoms with Crippen LogP contribution in [0, 0.1) is 6.92 Å². The van der Waals surface area contributed by atoms with Crippen molar-refractivity contribution in [3.05, 3.63) is 83.7 Å². The minimum absolute atomic E-state index is 0.801. The fraction of sp³-hybridized carbons (Fsp3) is 0.241.